The van der Waals surface area contributed by atoms with Gasteiger partial charge < -0.3 is 15.4 Å². The smallest absolute Gasteiger partial charge is 0.358 e. The van der Waals surface area contributed by atoms with Gasteiger partial charge in [0.25, 0.3) is 5.91 Å². The van der Waals surface area contributed by atoms with Crippen LogP contribution in [0.2, 0.25) is 0 Å². The summed E-state index contributed by atoms with van der Waals surface area (Å²) in [4.78, 5) is 39.4. The first-order valence-electron chi connectivity index (χ1n) is 8.78. The zero-order valence-corrected chi connectivity index (χ0v) is 16.7. The maximum absolute atomic E-state index is 12.1. The van der Waals surface area contributed by atoms with Crippen LogP contribution < -0.4 is 10.6 Å². The van der Waals surface area contributed by atoms with Crippen molar-refractivity contribution >= 4 is 40.5 Å². The lowest BCUT2D eigenvalue weighted by Crippen LogP contribution is -2.21. The van der Waals surface area contributed by atoms with Gasteiger partial charge in [-0.25, -0.2) is 9.78 Å². The van der Waals surface area contributed by atoms with Gasteiger partial charge in [0.05, 0.1) is 0 Å². The zero-order chi connectivity index (χ0) is 20.8. The minimum Gasteiger partial charge on any atom is -0.451 e. The second-order valence-corrected chi connectivity index (χ2v) is 7.14. The van der Waals surface area contributed by atoms with Crippen molar-refractivity contribution in [3.05, 3.63) is 65.2 Å². The molecule has 8 heteroatoms. The van der Waals surface area contributed by atoms with Gasteiger partial charge in [0.2, 0.25) is 5.91 Å². The quantitative estimate of drug-likeness (QED) is 0.602. The standard InChI is InChI=1S/C21H19N3O4S/c1-13-3-5-15(6-4-13)20-24-18(12-29-20)21(27)28-11-19(26)23-17-9-7-16(8-10-17)22-14(2)25/h3-10,12H,11H2,1-2H3,(H,22,25)(H,23,26). The lowest BCUT2D eigenvalue weighted by atomic mass is 10.2. The first-order valence-corrected chi connectivity index (χ1v) is 9.66. The number of esters is 1. The van der Waals surface area contributed by atoms with E-state index in [4.69, 9.17) is 4.74 Å². The van der Waals surface area contributed by atoms with Crippen LogP contribution in [0.5, 0.6) is 0 Å². The second-order valence-electron chi connectivity index (χ2n) is 6.29. The summed E-state index contributed by atoms with van der Waals surface area (Å²) in [5.41, 5.74) is 3.36. The summed E-state index contributed by atoms with van der Waals surface area (Å²) in [5.74, 6) is -1.31. The SMILES string of the molecule is CC(=O)Nc1ccc(NC(=O)COC(=O)c2csc(-c3ccc(C)cc3)n2)cc1. The molecule has 0 radical (unpaired) electrons. The summed E-state index contributed by atoms with van der Waals surface area (Å²) >= 11 is 1.34. The number of thiazole rings is 1. The van der Waals surface area contributed by atoms with Crippen molar-refractivity contribution < 1.29 is 19.1 Å². The molecule has 0 spiro atoms. The van der Waals surface area contributed by atoms with Crippen molar-refractivity contribution in [1.82, 2.24) is 4.98 Å². The average Bonchev–Trinajstić information content (AvgIpc) is 3.18. The Labute approximate surface area is 171 Å². The van der Waals surface area contributed by atoms with E-state index in [9.17, 15) is 14.4 Å². The molecule has 0 aliphatic heterocycles. The highest BCUT2D eigenvalue weighted by Gasteiger charge is 2.15. The van der Waals surface area contributed by atoms with Crippen LogP contribution in [0.3, 0.4) is 0 Å². The third kappa shape index (κ3) is 5.73. The fourth-order valence-corrected chi connectivity index (χ4v) is 3.23. The number of ether oxygens (including phenoxy) is 1. The van der Waals surface area contributed by atoms with E-state index in [1.807, 2.05) is 31.2 Å². The monoisotopic (exact) mass is 409 g/mol. The molecule has 3 rings (SSSR count). The van der Waals surface area contributed by atoms with Gasteiger partial charge in [0.1, 0.15) is 5.01 Å². The predicted octanol–water partition coefficient (Wildman–Crippen LogP) is 3.87. The summed E-state index contributed by atoms with van der Waals surface area (Å²) in [6.07, 6.45) is 0. The maximum Gasteiger partial charge on any atom is 0.358 e. The molecule has 1 aromatic heterocycles. The number of amides is 2. The van der Waals surface area contributed by atoms with E-state index in [-0.39, 0.29) is 11.6 Å². The molecule has 0 fully saturated rings. The third-order valence-corrected chi connectivity index (χ3v) is 4.73. The normalized spacial score (nSPS) is 10.3. The number of aryl methyl sites for hydroxylation is 1. The van der Waals surface area contributed by atoms with E-state index in [0.717, 1.165) is 11.1 Å². The van der Waals surface area contributed by atoms with Crippen LogP contribution in [0.4, 0.5) is 11.4 Å². The van der Waals surface area contributed by atoms with Gasteiger partial charge in [-0.1, -0.05) is 29.8 Å². The molecule has 148 valence electrons. The molecule has 0 bridgehead atoms. The highest BCUT2D eigenvalue weighted by atomic mass is 32.1. The van der Waals surface area contributed by atoms with Crippen molar-refractivity contribution in [3.63, 3.8) is 0 Å². The lowest BCUT2D eigenvalue weighted by molar-refractivity contribution is -0.119. The fourth-order valence-electron chi connectivity index (χ4n) is 2.44. The molecule has 3 aromatic rings. The number of aromatic nitrogens is 1. The summed E-state index contributed by atoms with van der Waals surface area (Å²) in [7, 11) is 0. The largest absolute Gasteiger partial charge is 0.451 e. The highest BCUT2D eigenvalue weighted by molar-refractivity contribution is 7.13. The first kappa shape index (κ1) is 20.2. The second kappa shape index (κ2) is 9.11. The van der Waals surface area contributed by atoms with Crippen molar-refractivity contribution in [1.29, 1.82) is 0 Å². The van der Waals surface area contributed by atoms with Gasteiger partial charge in [-0.2, -0.15) is 0 Å². The molecule has 0 unspecified atom stereocenters. The van der Waals surface area contributed by atoms with Gasteiger partial charge in [0, 0.05) is 29.2 Å². The topological polar surface area (TPSA) is 97.4 Å². The van der Waals surface area contributed by atoms with Crippen LogP contribution in [-0.2, 0) is 14.3 Å². The van der Waals surface area contributed by atoms with Gasteiger partial charge in [-0.05, 0) is 31.2 Å². The number of anilines is 2. The van der Waals surface area contributed by atoms with Crippen LogP contribution in [0.1, 0.15) is 23.0 Å². The molecule has 29 heavy (non-hydrogen) atoms. The summed E-state index contributed by atoms with van der Waals surface area (Å²) in [6.45, 7) is 2.98. The van der Waals surface area contributed by atoms with E-state index >= 15 is 0 Å². The van der Waals surface area contributed by atoms with Gasteiger partial charge >= 0.3 is 5.97 Å². The Balaban J connectivity index is 1.52. The number of carbonyl (C=O) groups is 3. The van der Waals surface area contributed by atoms with Crippen molar-refractivity contribution in [2.45, 2.75) is 13.8 Å². The number of nitrogens with one attached hydrogen (secondary N) is 2. The maximum atomic E-state index is 12.1. The number of hydrogen-bond acceptors (Lipinski definition) is 6. The molecule has 2 N–H and O–H groups in total. The molecule has 0 aliphatic carbocycles. The van der Waals surface area contributed by atoms with E-state index in [2.05, 4.69) is 15.6 Å². The molecule has 0 saturated heterocycles. The Hall–Kier alpha value is -3.52. The number of carbonyl (C=O) groups excluding carboxylic acids is 3. The Kier molecular flexibility index (Phi) is 6.36. The first-order chi connectivity index (χ1) is 13.9. The Bertz CT molecular complexity index is 1030. The van der Waals surface area contributed by atoms with Crippen molar-refractivity contribution in [3.8, 4) is 10.6 Å². The zero-order valence-electron chi connectivity index (χ0n) is 15.9. The number of nitrogens with zero attached hydrogens (tertiary/aromatic N) is 1. The third-order valence-electron chi connectivity index (χ3n) is 3.84. The lowest BCUT2D eigenvalue weighted by Gasteiger charge is -2.07. The van der Waals surface area contributed by atoms with Crippen LogP contribution in [0.25, 0.3) is 10.6 Å². The minimum atomic E-state index is -0.657. The van der Waals surface area contributed by atoms with Gasteiger partial charge in [-0.15, -0.1) is 11.3 Å². The van der Waals surface area contributed by atoms with Crippen LogP contribution in [-0.4, -0.2) is 29.4 Å². The minimum absolute atomic E-state index is 0.165. The van der Waals surface area contributed by atoms with E-state index in [1.165, 1.54) is 18.3 Å². The number of rotatable bonds is 6. The summed E-state index contributed by atoms with van der Waals surface area (Å²) in [5, 5.41) is 7.57. The summed E-state index contributed by atoms with van der Waals surface area (Å²) in [6, 6.07) is 14.4. The van der Waals surface area contributed by atoms with Crippen molar-refractivity contribution in [2.75, 3.05) is 17.2 Å². The number of hydrogen-bond donors (Lipinski definition) is 2. The highest BCUT2D eigenvalue weighted by Crippen LogP contribution is 2.24. The van der Waals surface area contributed by atoms with E-state index in [1.54, 1.807) is 29.6 Å². The molecule has 0 aliphatic rings. The Morgan fingerprint density at radius 3 is 2.21 bits per heavy atom. The fraction of sp³-hybridized carbons (Fsp3) is 0.143. The van der Waals surface area contributed by atoms with E-state index in [0.29, 0.717) is 16.4 Å². The summed E-state index contributed by atoms with van der Waals surface area (Å²) < 4.78 is 5.04. The molecule has 2 aromatic carbocycles. The molecular weight excluding hydrogens is 390 g/mol. The van der Waals surface area contributed by atoms with Crippen LogP contribution >= 0.6 is 11.3 Å². The molecule has 2 amide bonds. The number of benzene rings is 2. The van der Waals surface area contributed by atoms with E-state index < -0.39 is 18.5 Å². The van der Waals surface area contributed by atoms with Crippen LogP contribution in [0.15, 0.2) is 53.9 Å². The van der Waals surface area contributed by atoms with Gasteiger partial charge in [0.15, 0.2) is 12.3 Å². The van der Waals surface area contributed by atoms with Gasteiger partial charge in [-0.3, -0.25) is 9.59 Å². The molecule has 0 saturated carbocycles. The Morgan fingerprint density at radius 2 is 1.59 bits per heavy atom. The predicted molar refractivity (Wildman–Crippen MR) is 112 cm³/mol. The molecular formula is C21H19N3O4S. The molecule has 1 heterocycles. The van der Waals surface area contributed by atoms with Crippen LogP contribution in [0, 0.1) is 6.92 Å². The average molecular weight is 409 g/mol. The Morgan fingerprint density at radius 1 is 0.966 bits per heavy atom. The van der Waals surface area contributed by atoms with Crippen molar-refractivity contribution in [2.24, 2.45) is 0 Å². The molecule has 0 atom stereocenters. The molecule has 7 nitrogen and oxygen atoms in total.